The number of nitro benzene ring substituents is 1. The van der Waals surface area contributed by atoms with Gasteiger partial charge in [0.2, 0.25) is 5.89 Å². The minimum atomic E-state index is -0.808. The number of aryl methyl sites for hydroxylation is 1. The third-order valence-corrected chi connectivity index (χ3v) is 4.73. The SMILES string of the molecule is CSc1ccc(C(=O)O[C@@H](C)c2nnc(-c3cccc(C)c3)o2)cc1[N+](=O)[O-]. The number of carbonyl (C=O) groups excluding carboxylic acids is 1. The van der Waals surface area contributed by atoms with Crippen molar-refractivity contribution in [3.8, 4) is 11.5 Å². The Morgan fingerprint density at radius 3 is 2.71 bits per heavy atom. The van der Waals surface area contributed by atoms with E-state index in [0.717, 1.165) is 11.1 Å². The molecule has 3 aromatic rings. The molecule has 0 saturated heterocycles. The highest BCUT2D eigenvalue weighted by molar-refractivity contribution is 7.98. The number of ether oxygens (including phenoxy) is 1. The fourth-order valence-corrected chi connectivity index (χ4v) is 3.08. The van der Waals surface area contributed by atoms with E-state index in [2.05, 4.69) is 10.2 Å². The van der Waals surface area contributed by atoms with E-state index in [-0.39, 0.29) is 17.1 Å². The van der Waals surface area contributed by atoms with Crippen molar-refractivity contribution in [2.45, 2.75) is 24.8 Å². The summed E-state index contributed by atoms with van der Waals surface area (Å²) >= 11 is 1.23. The Kier molecular flexibility index (Phi) is 5.74. The van der Waals surface area contributed by atoms with Crippen LogP contribution in [0.15, 0.2) is 51.8 Å². The van der Waals surface area contributed by atoms with Gasteiger partial charge in [-0.25, -0.2) is 4.79 Å². The van der Waals surface area contributed by atoms with E-state index in [1.165, 1.54) is 30.0 Å². The molecule has 0 fully saturated rings. The molecule has 0 amide bonds. The monoisotopic (exact) mass is 399 g/mol. The molecule has 0 bridgehead atoms. The summed E-state index contributed by atoms with van der Waals surface area (Å²) in [5.41, 5.74) is 1.75. The van der Waals surface area contributed by atoms with Gasteiger partial charge in [0.25, 0.3) is 11.6 Å². The Morgan fingerprint density at radius 2 is 2.04 bits per heavy atom. The van der Waals surface area contributed by atoms with E-state index >= 15 is 0 Å². The van der Waals surface area contributed by atoms with Crippen molar-refractivity contribution in [1.82, 2.24) is 10.2 Å². The van der Waals surface area contributed by atoms with Crippen LogP contribution < -0.4 is 0 Å². The van der Waals surface area contributed by atoms with Crippen molar-refractivity contribution in [1.29, 1.82) is 0 Å². The maximum atomic E-state index is 12.4. The molecule has 144 valence electrons. The Labute approximate surface area is 165 Å². The lowest BCUT2D eigenvalue weighted by Gasteiger charge is -2.10. The van der Waals surface area contributed by atoms with Crippen molar-refractivity contribution in [3.05, 3.63) is 69.6 Å². The van der Waals surface area contributed by atoms with Crippen LogP contribution in [-0.4, -0.2) is 27.3 Å². The summed E-state index contributed by atoms with van der Waals surface area (Å²) in [5.74, 6) is -0.250. The normalized spacial score (nSPS) is 11.8. The molecule has 2 aromatic carbocycles. The maximum Gasteiger partial charge on any atom is 0.339 e. The average molecular weight is 399 g/mol. The lowest BCUT2D eigenvalue weighted by atomic mass is 10.1. The molecule has 0 radical (unpaired) electrons. The van der Waals surface area contributed by atoms with Crippen molar-refractivity contribution >= 4 is 23.4 Å². The fraction of sp³-hybridized carbons (Fsp3) is 0.211. The Morgan fingerprint density at radius 1 is 1.25 bits per heavy atom. The Bertz CT molecular complexity index is 1030. The molecule has 1 atom stereocenters. The summed E-state index contributed by atoms with van der Waals surface area (Å²) in [6.45, 7) is 3.54. The summed E-state index contributed by atoms with van der Waals surface area (Å²) in [5, 5.41) is 19.1. The van der Waals surface area contributed by atoms with E-state index in [1.54, 1.807) is 13.2 Å². The van der Waals surface area contributed by atoms with Crippen LogP contribution in [0.1, 0.15) is 34.8 Å². The predicted octanol–water partition coefficient (Wildman–Crippen LogP) is 4.59. The molecular weight excluding hydrogens is 382 g/mol. The molecule has 3 rings (SSSR count). The van der Waals surface area contributed by atoms with Crippen LogP contribution in [-0.2, 0) is 4.74 Å². The summed E-state index contributed by atoms with van der Waals surface area (Å²) in [6.07, 6.45) is 0.918. The topological polar surface area (TPSA) is 108 Å². The number of hydrogen-bond acceptors (Lipinski definition) is 8. The van der Waals surface area contributed by atoms with Gasteiger partial charge in [-0.2, -0.15) is 0 Å². The van der Waals surface area contributed by atoms with E-state index < -0.39 is 17.0 Å². The molecule has 1 heterocycles. The van der Waals surface area contributed by atoms with Crippen molar-refractivity contribution < 1.29 is 18.9 Å². The van der Waals surface area contributed by atoms with Gasteiger partial charge < -0.3 is 9.15 Å². The largest absolute Gasteiger partial charge is 0.449 e. The summed E-state index contributed by atoms with van der Waals surface area (Å²) in [6, 6.07) is 11.8. The second-order valence-electron chi connectivity index (χ2n) is 6.01. The number of nitro groups is 1. The first kappa shape index (κ1) is 19.6. The number of thioether (sulfide) groups is 1. The molecule has 0 aliphatic rings. The lowest BCUT2D eigenvalue weighted by molar-refractivity contribution is -0.387. The zero-order valence-electron chi connectivity index (χ0n) is 15.4. The fourth-order valence-electron chi connectivity index (χ4n) is 2.53. The molecule has 0 unspecified atom stereocenters. The van der Waals surface area contributed by atoms with Gasteiger partial charge >= 0.3 is 5.97 Å². The number of esters is 1. The maximum absolute atomic E-state index is 12.4. The molecular formula is C19H17N3O5S. The second kappa shape index (κ2) is 8.22. The van der Waals surface area contributed by atoms with Crippen LogP contribution in [0.4, 0.5) is 5.69 Å². The van der Waals surface area contributed by atoms with Gasteiger partial charge in [-0.3, -0.25) is 10.1 Å². The van der Waals surface area contributed by atoms with Crippen LogP contribution in [0.25, 0.3) is 11.5 Å². The Hall–Kier alpha value is -3.20. The van der Waals surface area contributed by atoms with Crippen LogP contribution in [0.5, 0.6) is 0 Å². The van der Waals surface area contributed by atoms with Crippen LogP contribution in [0.3, 0.4) is 0 Å². The number of nitrogens with zero attached hydrogens (tertiary/aromatic N) is 3. The summed E-state index contributed by atoms with van der Waals surface area (Å²) in [4.78, 5) is 23.5. The molecule has 8 nitrogen and oxygen atoms in total. The van der Waals surface area contributed by atoms with Gasteiger partial charge in [0.1, 0.15) is 0 Å². The smallest absolute Gasteiger partial charge is 0.339 e. The van der Waals surface area contributed by atoms with Crippen LogP contribution >= 0.6 is 11.8 Å². The second-order valence-corrected chi connectivity index (χ2v) is 6.85. The van der Waals surface area contributed by atoms with Gasteiger partial charge in [0.15, 0.2) is 6.10 Å². The highest BCUT2D eigenvalue weighted by atomic mass is 32.2. The molecule has 0 N–H and O–H groups in total. The molecule has 1 aromatic heterocycles. The minimum absolute atomic E-state index is 0.0785. The first-order valence-electron chi connectivity index (χ1n) is 8.33. The number of benzene rings is 2. The first-order valence-corrected chi connectivity index (χ1v) is 9.55. The van der Waals surface area contributed by atoms with Crippen LogP contribution in [0.2, 0.25) is 0 Å². The lowest BCUT2D eigenvalue weighted by Crippen LogP contribution is -2.10. The van der Waals surface area contributed by atoms with E-state index in [9.17, 15) is 14.9 Å². The highest BCUT2D eigenvalue weighted by Gasteiger charge is 2.22. The number of aromatic nitrogens is 2. The predicted molar refractivity (Wildman–Crippen MR) is 103 cm³/mol. The van der Waals surface area contributed by atoms with E-state index in [0.29, 0.717) is 10.8 Å². The van der Waals surface area contributed by atoms with Crippen LogP contribution in [0, 0.1) is 17.0 Å². The van der Waals surface area contributed by atoms with Gasteiger partial charge in [-0.15, -0.1) is 22.0 Å². The van der Waals surface area contributed by atoms with Crippen molar-refractivity contribution in [2.24, 2.45) is 0 Å². The zero-order valence-corrected chi connectivity index (χ0v) is 16.2. The quantitative estimate of drug-likeness (QED) is 0.256. The average Bonchev–Trinajstić information content (AvgIpc) is 3.17. The molecule has 0 saturated carbocycles. The molecule has 9 heteroatoms. The van der Waals surface area contributed by atoms with Crippen molar-refractivity contribution in [3.63, 3.8) is 0 Å². The summed E-state index contributed by atoms with van der Waals surface area (Å²) in [7, 11) is 0. The zero-order chi connectivity index (χ0) is 20.3. The van der Waals surface area contributed by atoms with E-state index in [4.69, 9.17) is 9.15 Å². The van der Waals surface area contributed by atoms with Gasteiger partial charge in [-0.1, -0.05) is 17.7 Å². The standard InChI is InChI=1S/C19H17N3O5S/c1-11-5-4-6-13(9-11)18-21-20-17(27-18)12(2)26-19(23)14-7-8-16(28-3)15(10-14)22(24)25/h4-10,12H,1-3H3/t12-/m0/s1. The van der Waals surface area contributed by atoms with Gasteiger partial charge in [0.05, 0.1) is 15.4 Å². The van der Waals surface area contributed by atoms with Gasteiger partial charge in [-0.05, 0) is 44.4 Å². The molecule has 0 spiro atoms. The molecule has 0 aliphatic heterocycles. The van der Waals surface area contributed by atoms with Crippen molar-refractivity contribution in [2.75, 3.05) is 6.26 Å². The molecule has 28 heavy (non-hydrogen) atoms. The van der Waals surface area contributed by atoms with E-state index in [1.807, 2.05) is 31.2 Å². The highest BCUT2D eigenvalue weighted by Crippen LogP contribution is 2.29. The van der Waals surface area contributed by atoms with Gasteiger partial charge in [0, 0.05) is 11.6 Å². The minimum Gasteiger partial charge on any atom is -0.449 e. The number of carbonyl (C=O) groups is 1. The number of hydrogen-bond donors (Lipinski definition) is 0. The summed E-state index contributed by atoms with van der Waals surface area (Å²) < 4.78 is 10.9. The third-order valence-electron chi connectivity index (χ3n) is 3.95. The Balaban J connectivity index is 1.76. The molecule has 0 aliphatic carbocycles. The number of rotatable bonds is 6. The first-order chi connectivity index (χ1) is 13.4. The third kappa shape index (κ3) is 4.20.